The molecule has 0 saturated heterocycles. The van der Waals surface area contributed by atoms with Crippen LogP contribution < -0.4 is 4.90 Å². The van der Waals surface area contributed by atoms with Gasteiger partial charge in [-0.15, -0.1) is 10.2 Å². The predicted octanol–water partition coefficient (Wildman–Crippen LogP) is 15.2. The van der Waals surface area contributed by atoms with Gasteiger partial charge in [0.1, 0.15) is 0 Å². The van der Waals surface area contributed by atoms with Crippen molar-refractivity contribution in [2.75, 3.05) is 4.90 Å². The number of benzene rings is 9. The van der Waals surface area contributed by atoms with E-state index < -0.39 is 0 Å². The van der Waals surface area contributed by atoms with Crippen LogP contribution in [0.1, 0.15) is 0 Å². The third-order valence-electron chi connectivity index (χ3n) is 10.9. The minimum atomic E-state index is 0.495. The van der Waals surface area contributed by atoms with Crippen molar-refractivity contribution in [3.8, 4) is 78.5 Å². The maximum absolute atomic E-state index is 6.05. The smallest absolute Gasteiger partial charge is 0.248 e. The van der Waals surface area contributed by atoms with E-state index in [1.807, 2.05) is 30.3 Å². The Morgan fingerprint density at radius 3 is 0.900 bits per heavy atom. The fraction of sp³-hybridized carbons (Fsp3) is 0. The van der Waals surface area contributed by atoms with E-state index >= 15 is 0 Å². The lowest BCUT2D eigenvalue weighted by molar-refractivity contribution is 0.584. The van der Waals surface area contributed by atoms with E-state index in [2.05, 4.69) is 221 Å². The third kappa shape index (κ3) is 7.42. The van der Waals surface area contributed by atoms with Crippen molar-refractivity contribution in [2.45, 2.75) is 0 Å². The van der Waals surface area contributed by atoms with Crippen LogP contribution in [-0.2, 0) is 0 Å². The minimum Gasteiger partial charge on any atom is -0.416 e. The van der Waals surface area contributed by atoms with Crippen molar-refractivity contribution in [3.05, 3.63) is 237 Å². The Hall–Kier alpha value is -8.08. The Balaban J connectivity index is 0.970. The fourth-order valence-electron chi connectivity index (χ4n) is 7.87. The normalized spacial score (nSPS) is 11.0. The summed E-state index contributed by atoms with van der Waals surface area (Å²) in [6, 6.07) is 83.1. The molecular formula is C56H39N3O. The van der Waals surface area contributed by atoms with E-state index in [0.717, 1.165) is 50.4 Å². The molecule has 0 unspecified atom stereocenters. The van der Waals surface area contributed by atoms with Crippen molar-refractivity contribution >= 4 is 17.1 Å². The van der Waals surface area contributed by atoms with Crippen LogP contribution in [0.15, 0.2) is 241 Å². The van der Waals surface area contributed by atoms with Gasteiger partial charge in [-0.2, -0.15) is 0 Å². The van der Waals surface area contributed by atoms with Crippen LogP contribution in [0.3, 0.4) is 0 Å². The molecule has 0 aliphatic carbocycles. The van der Waals surface area contributed by atoms with Crippen LogP contribution in [0.25, 0.3) is 78.5 Å². The molecule has 10 rings (SSSR count). The Kier molecular flexibility index (Phi) is 9.92. The Labute approximate surface area is 350 Å². The maximum Gasteiger partial charge on any atom is 0.248 e. The van der Waals surface area contributed by atoms with E-state index in [-0.39, 0.29) is 0 Å². The molecule has 0 fully saturated rings. The molecule has 4 nitrogen and oxygen atoms in total. The van der Waals surface area contributed by atoms with E-state index in [4.69, 9.17) is 4.42 Å². The van der Waals surface area contributed by atoms with E-state index in [1.54, 1.807) is 0 Å². The summed E-state index contributed by atoms with van der Waals surface area (Å²) in [5.41, 5.74) is 16.7. The van der Waals surface area contributed by atoms with Gasteiger partial charge in [0, 0.05) is 28.2 Å². The summed E-state index contributed by atoms with van der Waals surface area (Å²) < 4.78 is 6.05. The quantitative estimate of drug-likeness (QED) is 0.139. The SMILES string of the molecule is c1ccc(-c2ccc(N(c3ccc(-c4ccccc4)cc3)c3ccc(-c4ccccc4-c4ccccc4-c4ccc(-c5nnc(-c6ccccc6)o5)cc4)cc3)cc2)cc1. The van der Waals surface area contributed by atoms with Crippen molar-refractivity contribution in [3.63, 3.8) is 0 Å². The largest absolute Gasteiger partial charge is 0.416 e. The van der Waals surface area contributed by atoms with Crippen LogP contribution in [-0.4, -0.2) is 10.2 Å². The first-order chi connectivity index (χ1) is 29.7. The van der Waals surface area contributed by atoms with Gasteiger partial charge in [-0.1, -0.05) is 176 Å². The standard InChI is InChI=1S/C56H39N3O/c1-4-14-40(15-5-1)42-28-34-48(35-29-42)59(49-36-30-43(31-37-49)41-16-6-2-7-17-41)50-38-32-45(33-39-50)52-21-11-13-23-54(52)53-22-12-10-20-51(53)44-24-26-47(27-25-44)56-58-57-55(60-56)46-18-8-3-9-19-46/h1-39H. The van der Waals surface area contributed by atoms with E-state index in [9.17, 15) is 0 Å². The van der Waals surface area contributed by atoms with Gasteiger partial charge in [-0.25, -0.2) is 0 Å². The van der Waals surface area contributed by atoms with Gasteiger partial charge in [0.05, 0.1) is 0 Å². The monoisotopic (exact) mass is 769 g/mol. The maximum atomic E-state index is 6.05. The second-order valence-corrected chi connectivity index (χ2v) is 14.7. The lowest BCUT2D eigenvalue weighted by Crippen LogP contribution is -2.09. The Morgan fingerprint density at radius 1 is 0.233 bits per heavy atom. The highest BCUT2D eigenvalue weighted by Gasteiger charge is 2.17. The summed E-state index contributed by atoms with van der Waals surface area (Å²) >= 11 is 0. The van der Waals surface area contributed by atoms with Gasteiger partial charge >= 0.3 is 0 Å². The number of aromatic nitrogens is 2. The van der Waals surface area contributed by atoms with Gasteiger partial charge in [0.15, 0.2) is 0 Å². The van der Waals surface area contributed by atoms with Gasteiger partial charge in [0.2, 0.25) is 11.8 Å². The van der Waals surface area contributed by atoms with E-state index in [1.165, 1.54) is 33.4 Å². The number of hydrogen-bond acceptors (Lipinski definition) is 4. The van der Waals surface area contributed by atoms with Crippen LogP contribution in [0, 0.1) is 0 Å². The summed E-state index contributed by atoms with van der Waals surface area (Å²) in [6.07, 6.45) is 0. The number of rotatable bonds is 10. The molecule has 0 aliphatic heterocycles. The lowest BCUT2D eigenvalue weighted by atomic mass is 9.89. The molecule has 0 spiro atoms. The first-order valence-electron chi connectivity index (χ1n) is 20.1. The Morgan fingerprint density at radius 2 is 0.500 bits per heavy atom. The van der Waals surface area contributed by atoms with Gasteiger partial charge in [-0.05, 0) is 116 Å². The fourth-order valence-corrected chi connectivity index (χ4v) is 7.87. The number of anilines is 3. The molecule has 0 aliphatic rings. The van der Waals surface area contributed by atoms with Crippen LogP contribution in [0.5, 0.6) is 0 Å². The summed E-state index contributed by atoms with van der Waals surface area (Å²) in [7, 11) is 0. The topological polar surface area (TPSA) is 42.2 Å². The number of hydrogen-bond donors (Lipinski definition) is 0. The molecule has 0 radical (unpaired) electrons. The zero-order valence-corrected chi connectivity index (χ0v) is 32.8. The molecule has 10 aromatic rings. The summed E-state index contributed by atoms with van der Waals surface area (Å²) in [4.78, 5) is 2.33. The lowest BCUT2D eigenvalue weighted by Gasteiger charge is -2.26. The second-order valence-electron chi connectivity index (χ2n) is 14.7. The molecule has 60 heavy (non-hydrogen) atoms. The molecule has 0 bridgehead atoms. The average Bonchev–Trinajstić information content (AvgIpc) is 3.84. The van der Waals surface area contributed by atoms with Crippen LogP contribution >= 0.6 is 0 Å². The highest BCUT2D eigenvalue weighted by molar-refractivity contribution is 5.92. The van der Waals surface area contributed by atoms with Crippen LogP contribution in [0.2, 0.25) is 0 Å². The zero-order valence-electron chi connectivity index (χ0n) is 32.8. The summed E-state index contributed by atoms with van der Waals surface area (Å²) in [6.45, 7) is 0. The molecule has 1 aromatic heterocycles. The highest BCUT2D eigenvalue weighted by Crippen LogP contribution is 2.41. The van der Waals surface area contributed by atoms with Crippen LogP contribution in [0.4, 0.5) is 17.1 Å². The molecule has 0 amide bonds. The van der Waals surface area contributed by atoms with Gasteiger partial charge in [-0.3, -0.25) is 0 Å². The molecule has 4 heteroatoms. The molecule has 1 heterocycles. The van der Waals surface area contributed by atoms with Gasteiger partial charge < -0.3 is 9.32 Å². The second kappa shape index (κ2) is 16.4. The van der Waals surface area contributed by atoms with Crippen molar-refractivity contribution in [1.82, 2.24) is 10.2 Å². The summed E-state index contributed by atoms with van der Waals surface area (Å²) in [5.74, 6) is 1.00. The zero-order chi connectivity index (χ0) is 40.1. The first-order valence-corrected chi connectivity index (χ1v) is 20.1. The van der Waals surface area contributed by atoms with E-state index in [0.29, 0.717) is 11.8 Å². The number of nitrogens with zero attached hydrogens (tertiary/aromatic N) is 3. The molecule has 0 saturated carbocycles. The molecule has 9 aromatic carbocycles. The Bertz CT molecular complexity index is 2900. The van der Waals surface area contributed by atoms with Crippen molar-refractivity contribution in [1.29, 1.82) is 0 Å². The van der Waals surface area contributed by atoms with Crippen molar-refractivity contribution in [2.24, 2.45) is 0 Å². The first kappa shape index (κ1) is 36.3. The molecular weight excluding hydrogens is 731 g/mol. The molecule has 0 N–H and O–H groups in total. The third-order valence-corrected chi connectivity index (χ3v) is 10.9. The predicted molar refractivity (Wildman–Crippen MR) is 247 cm³/mol. The van der Waals surface area contributed by atoms with Crippen molar-refractivity contribution < 1.29 is 4.42 Å². The molecule has 284 valence electrons. The highest BCUT2D eigenvalue weighted by atomic mass is 16.4. The minimum absolute atomic E-state index is 0.495. The average molecular weight is 770 g/mol. The molecule has 0 atom stereocenters. The van der Waals surface area contributed by atoms with Gasteiger partial charge in [0.25, 0.3) is 0 Å². The summed E-state index contributed by atoms with van der Waals surface area (Å²) in [5, 5.41) is 8.63.